The van der Waals surface area contributed by atoms with E-state index in [9.17, 15) is 5.11 Å². The third kappa shape index (κ3) is 3.80. The fraction of sp³-hybridized carbons (Fsp3) is 0.467. The SMILES string of the molecule is OCC(C1CC1)N(Cc1ccccc1)Cc1nnsc1Cl. The van der Waals surface area contributed by atoms with Crippen molar-refractivity contribution < 1.29 is 5.11 Å². The second-order valence-corrected chi connectivity index (χ2v) is 6.83. The third-order valence-corrected chi connectivity index (χ3v) is 4.90. The van der Waals surface area contributed by atoms with Crippen LogP contribution < -0.4 is 0 Å². The van der Waals surface area contributed by atoms with E-state index < -0.39 is 0 Å². The summed E-state index contributed by atoms with van der Waals surface area (Å²) >= 11 is 7.35. The van der Waals surface area contributed by atoms with Crippen LogP contribution >= 0.6 is 23.1 Å². The maximum absolute atomic E-state index is 9.77. The molecular weight excluding hydrogens is 306 g/mol. The number of nitrogens with zero attached hydrogens (tertiary/aromatic N) is 3. The molecule has 21 heavy (non-hydrogen) atoms. The van der Waals surface area contributed by atoms with E-state index in [-0.39, 0.29) is 12.6 Å². The lowest BCUT2D eigenvalue weighted by molar-refractivity contribution is 0.0934. The molecule has 1 N–H and O–H groups in total. The van der Waals surface area contributed by atoms with Gasteiger partial charge in [-0.15, -0.1) is 5.10 Å². The molecule has 0 bridgehead atoms. The van der Waals surface area contributed by atoms with Crippen molar-refractivity contribution in [3.8, 4) is 0 Å². The molecule has 2 aromatic rings. The van der Waals surface area contributed by atoms with Crippen LogP contribution in [0.15, 0.2) is 30.3 Å². The number of rotatable bonds is 7. The minimum Gasteiger partial charge on any atom is -0.395 e. The lowest BCUT2D eigenvalue weighted by Crippen LogP contribution is -2.38. The molecule has 3 rings (SSSR count). The molecule has 1 saturated carbocycles. The molecule has 0 saturated heterocycles. The molecule has 1 fully saturated rings. The summed E-state index contributed by atoms with van der Waals surface area (Å²) in [4.78, 5) is 2.27. The zero-order chi connectivity index (χ0) is 14.7. The number of aliphatic hydroxyl groups excluding tert-OH is 1. The minimum atomic E-state index is 0.169. The van der Waals surface area contributed by atoms with Gasteiger partial charge in [0.2, 0.25) is 0 Å². The maximum atomic E-state index is 9.77. The third-order valence-electron chi connectivity index (χ3n) is 3.91. The van der Waals surface area contributed by atoms with Gasteiger partial charge in [0.05, 0.1) is 6.61 Å². The molecule has 1 aromatic heterocycles. The van der Waals surface area contributed by atoms with Crippen molar-refractivity contribution in [1.82, 2.24) is 14.5 Å². The van der Waals surface area contributed by atoms with Crippen molar-refractivity contribution in [2.75, 3.05) is 6.61 Å². The van der Waals surface area contributed by atoms with Crippen molar-refractivity contribution in [2.24, 2.45) is 5.92 Å². The molecule has 112 valence electrons. The maximum Gasteiger partial charge on any atom is 0.138 e. The Balaban J connectivity index is 1.78. The molecule has 0 aliphatic heterocycles. The average molecular weight is 324 g/mol. The lowest BCUT2D eigenvalue weighted by atomic mass is 10.1. The van der Waals surface area contributed by atoms with Crippen LogP contribution in [0, 0.1) is 5.92 Å². The Morgan fingerprint density at radius 2 is 2.05 bits per heavy atom. The summed E-state index contributed by atoms with van der Waals surface area (Å²) in [6.07, 6.45) is 2.39. The second kappa shape index (κ2) is 6.83. The smallest absolute Gasteiger partial charge is 0.138 e. The summed E-state index contributed by atoms with van der Waals surface area (Å²) in [5, 5.41) is 13.9. The van der Waals surface area contributed by atoms with E-state index in [0.717, 1.165) is 12.2 Å². The Hall–Kier alpha value is -1.01. The quantitative estimate of drug-likeness (QED) is 0.851. The fourth-order valence-electron chi connectivity index (χ4n) is 2.64. The zero-order valence-corrected chi connectivity index (χ0v) is 13.2. The predicted molar refractivity (Wildman–Crippen MR) is 84.2 cm³/mol. The van der Waals surface area contributed by atoms with Gasteiger partial charge < -0.3 is 5.11 Å². The van der Waals surface area contributed by atoms with Gasteiger partial charge in [0.25, 0.3) is 0 Å². The first-order valence-electron chi connectivity index (χ1n) is 7.13. The van der Waals surface area contributed by atoms with Crippen LogP contribution in [0.25, 0.3) is 0 Å². The summed E-state index contributed by atoms with van der Waals surface area (Å²) in [5.74, 6) is 0.587. The standard InChI is InChI=1S/C15H18ClN3OS/c16-15-13(17-18-21-15)9-19(14(10-20)12-6-7-12)8-11-4-2-1-3-5-11/h1-5,12,14,20H,6-10H2. The topological polar surface area (TPSA) is 49.2 Å². The van der Waals surface area contributed by atoms with E-state index in [2.05, 4.69) is 26.6 Å². The van der Waals surface area contributed by atoms with Crippen LogP contribution in [0.2, 0.25) is 4.34 Å². The second-order valence-electron chi connectivity index (χ2n) is 5.47. The van der Waals surface area contributed by atoms with E-state index in [4.69, 9.17) is 11.6 Å². The van der Waals surface area contributed by atoms with Crippen LogP contribution in [0.3, 0.4) is 0 Å². The number of benzene rings is 1. The van der Waals surface area contributed by atoms with Gasteiger partial charge in [-0.2, -0.15) is 0 Å². The monoisotopic (exact) mass is 323 g/mol. The van der Waals surface area contributed by atoms with Gasteiger partial charge >= 0.3 is 0 Å². The number of hydrogen-bond acceptors (Lipinski definition) is 5. The van der Waals surface area contributed by atoms with Gasteiger partial charge in [-0.05, 0) is 24.3 Å². The van der Waals surface area contributed by atoms with Gasteiger partial charge in [-0.25, -0.2) is 0 Å². The largest absolute Gasteiger partial charge is 0.395 e. The Morgan fingerprint density at radius 3 is 2.62 bits per heavy atom. The number of hydrogen-bond donors (Lipinski definition) is 1. The van der Waals surface area contributed by atoms with E-state index >= 15 is 0 Å². The molecule has 4 nitrogen and oxygen atoms in total. The Labute approximate surface area is 133 Å². The van der Waals surface area contributed by atoms with Gasteiger partial charge in [-0.1, -0.05) is 46.4 Å². The lowest BCUT2D eigenvalue weighted by Gasteiger charge is -2.30. The molecule has 0 radical (unpaired) electrons. The molecule has 6 heteroatoms. The highest BCUT2D eigenvalue weighted by atomic mass is 35.5. The Bertz CT molecular complexity index is 573. The van der Waals surface area contributed by atoms with Gasteiger partial charge in [0, 0.05) is 30.7 Å². The molecule has 1 atom stereocenters. The highest BCUT2D eigenvalue weighted by molar-refractivity contribution is 7.10. The minimum absolute atomic E-state index is 0.169. The number of aliphatic hydroxyl groups is 1. The molecule has 1 aliphatic rings. The molecule has 1 aromatic carbocycles. The molecule has 1 unspecified atom stereocenters. The van der Waals surface area contributed by atoms with E-state index in [1.807, 2.05) is 18.2 Å². The normalized spacial score (nSPS) is 16.3. The first-order chi connectivity index (χ1) is 10.3. The highest BCUT2D eigenvalue weighted by Gasteiger charge is 2.35. The molecule has 1 heterocycles. The van der Waals surface area contributed by atoms with Crippen LogP contribution in [-0.4, -0.2) is 32.2 Å². The van der Waals surface area contributed by atoms with Crippen LogP contribution in [-0.2, 0) is 13.1 Å². The Morgan fingerprint density at radius 1 is 1.29 bits per heavy atom. The van der Waals surface area contributed by atoms with Crippen molar-refractivity contribution in [3.05, 3.63) is 45.9 Å². The fourth-order valence-corrected chi connectivity index (χ4v) is 3.25. The summed E-state index contributed by atoms with van der Waals surface area (Å²) in [5.41, 5.74) is 2.03. The molecule has 1 aliphatic carbocycles. The predicted octanol–water partition coefficient (Wildman–Crippen LogP) is 2.96. The van der Waals surface area contributed by atoms with E-state index in [0.29, 0.717) is 16.8 Å². The highest BCUT2D eigenvalue weighted by Crippen LogP contribution is 2.36. The van der Waals surface area contributed by atoms with Crippen molar-refractivity contribution in [1.29, 1.82) is 0 Å². The first kappa shape index (κ1) is 14.9. The van der Waals surface area contributed by atoms with Crippen LogP contribution in [0.4, 0.5) is 0 Å². The van der Waals surface area contributed by atoms with Crippen molar-refractivity contribution in [3.63, 3.8) is 0 Å². The van der Waals surface area contributed by atoms with E-state index in [1.54, 1.807) is 0 Å². The Kier molecular flexibility index (Phi) is 4.85. The molecular formula is C15H18ClN3OS. The zero-order valence-electron chi connectivity index (χ0n) is 11.7. The molecule has 0 spiro atoms. The van der Waals surface area contributed by atoms with Gasteiger partial charge in [0.15, 0.2) is 0 Å². The van der Waals surface area contributed by atoms with Crippen LogP contribution in [0.5, 0.6) is 0 Å². The van der Waals surface area contributed by atoms with Crippen molar-refractivity contribution >= 4 is 23.1 Å². The number of halogens is 1. The summed E-state index contributed by atoms with van der Waals surface area (Å²) in [6, 6.07) is 10.5. The summed E-state index contributed by atoms with van der Waals surface area (Å²) in [6.45, 7) is 1.59. The molecule has 0 amide bonds. The van der Waals surface area contributed by atoms with Gasteiger partial charge in [-0.3, -0.25) is 4.90 Å². The summed E-state index contributed by atoms with van der Waals surface area (Å²) < 4.78 is 4.54. The van der Waals surface area contributed by atoms with Crippen LogP contribution in [0.1, 0.15) is 24.1 Å². The van der Waals surface area contributed by atoms with Crippen molar-refractivity contribution in [2.45, 2.75) is 32.0 Å². The van der Waals surface area contributed by atoms with Gasteiger partial charge in [0.1, 0.15) is 10.0 Å². The summed E-state index contributed by atoms with van der Waals surface area (Å²) in [7, 11) is 0. The van der Waals surface area contributed by atoms with E-state index in [1.165, 1.54) is 29.9 Å². The first-order valence-corrected chi connectivity index (χ1v) is 8.28. The average Bonchev–Trinajstić information content (AvgIpc) is 3.25. The number of aromatic nitrogens is 2.